The van der Waals surface area contributed by atoms with Gasteiger partial charge in [-0.05, 0) is 37.4 Å². The van der Waals surface area contributed by atoms with Crippen LogP contribution in [0.2, 0.25) is 0 Å². The Balaban J connectivity index is 1.70. The average molecular weight is 339 g/mol. The van der Waals surface area contributed by atoms with Crippen LogP contribution in [0.4, 0.5) is 5.69 Å². The Morgan fingerprint density at radius 3 is 2.56 bits per heavy atom. The molecule has 2 aromatic rings. The van der Waals surface area contributed by atoms with Crippen molar-refractivity contribution in [3.8, 4) is 0 Å². The van der Waals surface area contributed by atoms with Crippen molar-refractivity contribution in [2.24, 2.45) is 0 Å². The van der Waals surface area contributed by atoms with Crippen LogP contribution in [0.5, 0.6) is 0 Å². The van der Waals surface area contributed by atoms with Crippen LogP contribution in [0.25, 0.3) is 6.08 Å². The molecular weight excluding hydrogens is 318 g/mol. The number of piperazine rings is 1. The molecule has 0 unspecified atom stereocenters. The molecule has 1 N–H and O–H groups in total. The normalized spacial score (nSPS) is 15.5. The van der Waals surface area contributed by atoms with E-state index in [4.69, 9.17) is 4.42 Å². The highest BCUT2D eigenvalue weighted by molar-refractivity contribution is 6.07. The number of carbonyl (C=O) groups is 2. The molecule has 1 fully saturated rings. The molecule has 130 valence electrons. The third kappa shape index (κ3) is 4.36. The Morgan fingerprint density at radius 1 is 1.08 bits per heavy atom. The molecule has 6 nitrogen and oxygen atoms in total. The van der Waals surface area contributed by atoms with Crippen LogP contribution in [0, 0.1) is 0 Å². The number of amides is 2. The lowest BCUT2D eigenvalue weighted by atomic mass is 10.1. The van der Waals surface area contributed by atoms with Gasteiger partial charge in [0.05, 0.1) is 17.5 Å². The molecule has 2 amide bonds. The van der Waals surface area contributed by atoms with Gasteiger partial charge in [-0.2, -0.15) is 0 Å². The van der Waals surface area contributed by atoms with Crippen LogP contribution in [-0.4, -0.2) is 54.8 Å². The Morgan fingerprint density at radius 2 is 1.84 bits per heavy atom. The number of rotatable bonds is 4. The van der Waals surface area contributed by atoms with Gasteiger partial charge in [-0.3, -0.25) is 9.59 Å². The minimum Gasteiger partial charge on any atom is -0.465 e. The molecular formula is C19H21N3O3. The van der Waals surface area contributed by atoms with Crippen LogP contribution in [-0.2, 0) is 4.79 Å². The Hall–Kier alpha value is -2.86. The molecule has 6 heteroatoms. The average Bonchev–Trinajstić information content (AvgIpc) is 3.14. The third-order valence-corrected chi connectivity index (χ3v) is 4.15. The first kappa shape index (κ1) is 17.0. The third-order valence-electron chi connectivity index (χ3n) is 4.15. The topological polar surface area (TPSA) is 65.8 Å². The van der Waals surface area contributed by atoms with Gasteiger partial charge >= 0.3 is 0 Å². The molecule has 1 aliphatic heterocycles. The van der Waals surface area contributed by atoms with Crippen molar-refractivity contribution in [2.75, 3.05) is 38.5 Å². The molecule has 0 atom stereocenters. The molecule has 1 aromatic carbocycles. The number of furan rings is 1. The van der Waals surface area contributed by atoms with Crippen LogP contribution >= 0.6 is 0 Å². The van der Waals surface area contributed by atoms with Crippen molar-refractivity contribution >= 4 is 23.6 Å². The lowest BCUT2D eigenvalue weighted by Crippen LogP contribution is -2.47. The van der Waals surface area contributed by atoms with Crippen molar-refractivity contribution in [1.82, 2.24) is 9.80 Å². The van der Waals surface area contributed by atoms with Gasteiger partial charge in [0.15, 0.2) is 0 Å². The summed E-state index contributed by atoms with van der Waals surface area (Å²) < 4.78 is 5.15. The number of hydrogen-bond acceptors (Lipinski definition) is 4. The van der Waals surface area contributed by atoms with E-state index in [9.17, 15) is 9.59 Å². The van der Waals surface area contributed by atoms with Gasteiger partial charge < -0.3 is 19.5 Å². The highest BCUT2D eigenvalue weighted by Gasteiger charge is 2.22. The molecule has 1 aromatic heterocycles. The van der Waals surface area contributed by atoms with Crippen LogP contribution in [0.1, 0.15) is 16.1 Å². The minimum atomic E-state index is -0.310. The van der Waals surface area contributed by atoms with E-state index in [0.29, 0.717) is 30.1 Å². The van der Waals surface area contributed by atoms with E-state index in [1.807, 2.05) is 11.9 Å². The minimum absolute atomic E-state index is 0.0565. The maximum atomic E-state index is 12.8. The van der Waals surface area contributed by atoms with Crippen molar-refractivity contribution in [2.45, 2.75) is 0 Å². The summed E-state index contributed by atoms with van der Waals surface area (Å²) in [7, 11) is 2.04. The molecule has 0 spiro atoms. The van der Waals surface area contributed by atoms with Gasteiger partial charge in [0.1, 0.15) is 5.76 Å². The number of anilines is 1. The molecule has 0 aliphatic carbocycles. The van der Waals surface area contributed by atoms with Crippen molar-refractivity contribution in [1.29, 1.82) is 0 Å². The van der Waals surface area contributed by atoms with Crippen LogP contribution < -0.4 is 5.32 Å². The number of benzene rings is 1. The monoisotopic (exact) mass is 339 g/mol. The fourth-order valence-corrected chi connectivity index (χ4v) is 2.68. The van der Waals surface area contributed by atoms with Crippen molar-refractivity contribution in [3.05, 3.63) is 60.1 Å². The maximum absolute atomic E-state index is 12.8. The van der Waals surface area contributed by atoms with Gasteiger partial charge in [0.25, 0.3) is 5.91 Å². The second kappa shape index (κ2) is 7.81. The number of nitrogens with zero attached hydrogens (tertiary/aromatic N) is 2. The van der Waals surface area contributed by atoms with Crippen molar-refractivity contribution in [3.63, 3.8) is 0 Å². The van der Waals surface area contributed by atoms with Gasteiger partial charge in [-0.15, -0.1) is 0 Å². The standard InChI is InChI=1S/C19H21N3O3/c1-21-10-12-22(13-11-21)19(24)16-6-2-3-7-17(16)20-18(23)9-8-15-5-4-14-25-15/h2-9,14H,10-13H2,1H3,(H,20,23)/b9-8+. The fourth-order valence-electron chi connectivity index (χ4n) is 2.68. The van der Waals surface area contributed by atoms with E-state index in [0.717, 1.165) is 13.1 Å². The Bertz CT molecular complexity index is 760. The summed E-state index contributed by atoms with van der Waals surface area (Å²) in [6.07, 6.45) is 4.51. The highest BCUT2D eigenvalue weighted by Crippen LogP contribution is 2.18. The molecule has 1 aliphatic rings. The Kier molecular flexibility index (Phi) is 5.30. The van der Waals surface area contributed by atoms with E-state index in [1.165, 1.54) is 6.08 Å². The number of carbonyl (C=O) groups excluding carboxylic acids is 2. The van der Waals surface area contributed by atoms with E-state index < -0.39 is 0 Å². The zero-order valence-electron chi connectivity index (χ0n) is 14.1. The first-order valence-corrected chi connectivity index (χ1v) is 8.23. The number of para-hydroxylation sites is 1. The first-order valence-electron chi connectivity index (χ1n) is 8.23. The lowest BCUT2D eigenvalue weighted by molar-refractivity contribution is -0.111. The predicted molar refractivity (Wildman–Crippen MR) is 96.2 cm³/mol. The summed E-state index contributed by atoms with van der Waals surface area (Å²) in [5, 5.41) is 2.78. The fraction of sp³-hybridized carbons (Fsp3) is 0.263. The summed E-state index contributed by atoms with van der Waals surface area (Å²) in [4.78, 5) is 28.9. The van der Waals surface area contributed by atoms with Crippen molar-refractivity contribution < 1.29 is 14.0 Å². The zero-order chi connectivity index (χ0) is 17.6. The van der Waals surface area contributed by atoms with Gasteiger partial charge in [0.2, 0.25) is 5.91 Å². The first-order chi connectivity index (χ1) is 12.1. The zero-order valence-corrected chi connectivity index (χ0v) is 14.1. The van der Waals surface area contributed by atoms with E-state index in [2.05, 4.69) is 10.2 Å². The van der Waals surface area contributed by atoms with Crippen LogP contribution in [0.15, 0.2) is 53.2 Å². The molecule has 0 radical (unpaired) electrons. The summed E-state index contributed by atoms with van der Waals surface area (Å²) >= 11 is 0. The molecule has 3 rings (SSSR count). The molecule has 0 bridgehead atoms. The number of hydrogen-bond donors (Lipinski definition) is 1. The molecule has 2 heterocycles. The predicted octanol–water partition coefficient (Wildman–Crippen LogP) is 2.32. The van der Waals surface area contributed by atoms with E-state index in [-0.39, 0.29) is 11.8 Å². The molecule has 1 saturated heterocycles. The number of nitrogens with one attached hydrogen (secondary N) is 1. The van der Waals surface area contributed by atoms with Gasteiger partial charge in [-0.25, -0.2) is 0 Å². The highest BCUT2D eigenvalue weighted by atomic mass is 16.3. The Labute approximate surface area is 146 Å². The van der Waals surface area contributed by atoms with Crippen LogP contribution in [0.3, 0.4) is 0 Å². The summed E-state index contributed by atoms with van der Waals surface area (Å²) in [6.45, 7) is 3.09. The molecule has 25 heavy (non-hydrogen) atoms. The largest absolute Gasteiger partial charge is 0.465 e. The van der Waals surface area contributed by atoms with Gasteiger partial charge in [-0.1, -0.05) is 12.1 Å². The smallest absolute Gasteiger partial charge is 0.256 e. The number of likely N-dealkylation sites (N-methyl/N-ethyl adjacent to an activating group) is 1. The summed E-state index contributed by atoms with van der Waals surface area (Å²) in [5.74, 6) is 0.228. The summed E-state index contributed by atoms with van der Waals surface area (Å²) in [5.41, 5.74) is 1.02. The summed E-state index contributed by atoms with van der Waals surface area (Å²) in [6, 6.07) is 10.6. The molecule has 0 saturated carbocycles. The van der Waals surface area contributed by atoms with E-state index in [1.54, 1.807) is 48.7 Å². The second-order valence-corrected chi connectivity index (χ2v) is 5.98. The maximum Gasteiger partial charge on any atom is 0.256 e. The quantitative estimate of drug-likeness (QED) is 0.868. The van der Waals surface area contributed by atoms with E-state index >= 15 is 0 Å². The SMILES string of the molecule is CN1CCN(C(=O)c2ccccc2NC(=O)/C=C/c2ccco2)CC1. The lowest BCUT2D eigenvalue weighted by Gasteiger charge is -2.32. The van der Waals surface area contributed by atoms with Gasteiger partial charge in [0, 0.05) is 32.3 Å². The second-order valence-electron chi connectivity index (χ2n) is 5.98.